The van der Waals surface area contributed by atoms with Crippen molar-refractivity contribution in [3.63, 3.8) is 0 Å². The van der Waals surface area contributed by atoms with Gasteiger partial charge in [-0.3, -0.25) is 0 Å². The first-order valence-corrected chi connectivity index (χ1v) is 15.2. The highest BCUT2D eigenvalue weighted by atomic mass is 31.4. The van der Waals surface area contributed by atoms with E-state index in [1.54, 1.807) is 0 Å². The molecule has 0 radical (unpaired) electrons. The third-order valence-electron chi connectivity index (χ3n) is 5.94. The molecule has 0 fully saturated rings. The van der Waals surface area contributed by atoms with Crippen LogP contribution in [0.2, 0.25) is 0 Å². The number of benzene rings is 5. The lowest BCUT2D eigenvalue weighted by molar-refractivity contribution is 1.70. The molecule has 0 aromatic heterocycles. The van der Waals surface area contributed by atoms with Crippen molar-refractivity contribution in [1.29, 1.82) is 0 Å². The fraction of sp³-hybridized carbons (Fsp3) is 0. The highest BCUT2D eigenvalue weighted by Crippen LogP contribution is 2.44. The Balaban J connectivity index is 1.94. The minimum atomic E-state index is -2.47. The molecule has 0 atom stereocenters. The average Bonchev–Trinajstić information content (AvgIpc) is 2.90. The molecular formula is C30H25PSi. The molecule has 5 aromatic rings. The lowest BCUT2D eigenvalue weighted by Crippen LogP contribution is -2.68. The Labute approximate surface area is 192 Å². The van der Waals surface area contributed by atoms with Crippen LogP contribution in [0.25, 0.3) is 0 Å². The quantitative estimate of drug-likeness (QED) is 0.201. The molecule has 0 nitrogen and oxygen atoms in total. The Morgan fingerprint density at radius 1 is 0.312 bits per heavy atom. The van der Waals surface area contributed by atoms with E-state index in [0.717, 1.165) is 0 Å². The Bertz CT molecular complexity index is 1100. The number of hydrogen-bond donors (Lipinski definition) is 0. The summed E-state index contributed by atoms with van der Waals surface area (Å²) in [6, 6.07) is 56.0. The molecule has 0 unspecified atom stereocenters. The van der Waals surface area contributed by atoms with Gasteiger partial charge in [-0.2, -0.15) is 0 Å². The second kappa shape index (κ2) is 9.49. The van der Waals surface area contributed by atoms with Gasteiger partial charge >= 0.3 is 0 Å². The van der Waals surface area contributed by atoms with Gasteiger partial charge in [0.25, 0.3) is 0 Å². The lowest BCUT2D eigenvalue weighted by atomic mass is 10.3. The van der Waals surface area contributed by atoms with Crippen LogP contribution in [0.15, 0.2) is 152 Å². The Hall–Kier alpha value is -3.25. The lowest BCUT2D eigenvalue weighted by Gasteiger charge is -2.41. The summed E-state index contributed by atoms with van der Waals surface area (Å²) in [6.07, 6.45) is 0. The van der Waals surface area contributed by atoms with Gasteiger partial charge in [0.05, 0.1) is 0 Å². The van der Waals surface area contributed by atoms with E-state index in [1.165, 1.54) is 26.2 Å². The second-order valence-electron chi connectivity index (χ2n) is 7.81. The minimum Gasteiger partial charge on any atom is -0.0623 e. The van der Waals surface area contributed by atoms with Crippen molar-refractivity contribution in [2.45, 2.75) is 0 Å². The zero-order chi connectivity index (χ0) is 21.6. The molecule has 0 aliphatic rings. The van der Waals surface area contributed by atoms with Crippen molar-refractivity contribution in [3.05, 3.63) is 152 Å². The maximum absolute atomic E-state index is 2.47. The summed E-state index contributed by atoms with van der Waals surface area (Å²) in [6.45, 7) is 0. The molecule has 0 saturated carbocycles. The van der Waals surface area contributed by atoms with Crippen LogP contribution in [-0.4, -0.2) is 7.74 Å². The summed E-state index contributed by atoms with van der Waals surface area (Å²) in [7, 11) is -3.16. The summed E-state index contributed by atoms with van der Waals surface area (Å²) >= 11 is 0. The standard InChI is InChI=1S/C30H25PSi/c1-6-16-26(17-7-1)31(27-18-8-2-9-19-27)32(28-20-10-3-11-21-28,29-22-12-4-13-23-29)30-24-14-5-15-25-30/h1-25H. The highest BCUT2D eigenvalue weighted by molar-refractivity contribution is 8.10. The van der Waals surface area contributed by atoms with Gasteiger partial charge in [-0.05, 0) is 33.6 Å². The zero-order valence-electron chi connectivity index (χ0n) is 17.9. The largest absolute Gasteiger partial charge is 0.183 e. The van der Waals surface area contributed by atoms with E-state index in [4.69, 9.17) is 0 Å². The predicted octanol–water partition coefficient (Wildman–Crippen LogP) is 4.79. The fourth-order valence-corrected chi connectivity index (χ4v) is 17.3. The summed E-state index contributed by atoms with van der Waals surface area (Å²) < 4.78 is 0. The number of hydrogen-bond acceptors (Lipinski definition) is 0. The molecular weight excluding hydrogens is 419 g/mol. The minimum absolute atomic E-state index is 0.689. The molecule has 5 aromatic carbocycles. The van der Waals surface area contributed by atoms with Crippen LogP contribution in [-0.2, 0) is 0 Å². The van der Waals surface area contributed by atoms with Crippen molar-refractivity contribution in [1.82, 2.24) is 0 Å². The van der Waals surface area contributed by atoms with Gasteiger partial charge in [0.15, 0.2) is 7.74 Å². The van der Waals surface area contributed by atoms with E-state index in [9.17, 15) is 0 Å². The maximum Gasteiger partial charge on any atom is 0.183 e. The van der Waals surface area contributed by atoms with Crippen LogP contribution in [0.3, 0.4) is 0 Å². The van der Waals surface area contributed by atoms with Crippen molar-refractivity contribution >= 4 is 41.4 Å². The summed E-state index contributed by atoms with van der Waals surface area (Å²) in [5.41, 5.74) is 0. The van der Waals surface area contributed by atoms with E-state index in [1.807, 2.05) is 0 Å². The van der Waals surface area contributed by atoms with Crippen LogP contribution in [0.4, 0.5) is 0 Å². The Morgan fingerprint density at radius 2 is 0.562 bits per heavy atom. The molecule has 0 heterocycles. The van der Waals surface area contributed by atoms with Crippen molar-refractivity contribution in [2.24, 2.45) is 0 Å². The predicted molar refractivity (Wildman–Crippen MR) is 143 cm³/mol. The monoisotopic (exact) mass is 444 g/mol. The molecule has 32 heavy (non-hydrogen) atoms. The number of rotatable bonds is 6. The Morgan fingerprint density at radius 3 is 0.844 bits per heavy atom. The highest BCUT2D eigenvalue weighted by Gasteiger charge is 2.47. The first-order valence-electron chi connectivity index (χ1n) is 11.0. The van der Waals surface area contributed by atoms with Gasteiger partial charge in [-0.25, -0.2) is 0 Å². The van der Waals surface area contributed by atoms with Gasteiger partial charge in [0.1, 0.15) is 0 Å². The molecule has 0 saturated heterocycles. The molecule has 0 spiro atoms. The Kier molecular flexibility index (Phi) is 6.12. The van der Waals surface area contributed by atoms with Crippen LogP contribution in [0.5, 0.6) is 0 Å². The molecule has 0 amide bonds. The topological polar surface area (TPSA) is 0 Å². The van der Waals surface area contributed by atoms with E-state index < -0.39 is 15.2 Å². The van der Waals surface area contributed by atoms with E-state index in [2.05, 4.69) is 152 Å². The van der Waals surface area contributed by atoms with Crippen LogP contribution in [0.1, 0.15) is 0 Å². The van der Waals surface area contributed by atoms with Crippen molar-refractivity contribution < 1.29 is 0 Å². The first-order chi connectivity index (χ1) is 15.9. The van der Waals surface area contributed by atoms with Crippen molar-refractivity contribution in [3.8, 4) is 0 Å². The third kappa shape index (κ3) is 3.75. The van der Waals surface area contributed by atoms with Gasteiger partial charge in [0, 0.05) is 0 Å². The smallest absolute Gasteiger partial charge is 0.0623 e. The SMILES string of the molecule is c1ccc(P(c2ccccc2)[Si](c2ccccc2)(c2ccccc2)c2ccccc2)cc1. The molecule has 0 aliphatic carbocycles. The second-order valence-corrected chi connectivity index (χ2v) is 16.0. The van der Waals surface area contributed by atoms with Crippen LogP contribution < -0.4 is 26.2 Å². The maximum atomic E-state index is 2.35. The third-order valence-corrected chi connectivity index (χ3v) is 17.6. The van der Waals surface area contributed by atoms with Gasteiger partial charge < -0.3 is 0 Å². The first kappa shape index (κ1) is 20.6. The molecule has 5 rings (SSSR count). The average molecular weight is 445 g/mol. The molecule has 2 heteroatoms. The fourth-order valence-electron chi connectivity index (χ4n) is 4.62. The summed E-state index contributed by atoms with van der Waals surface area (Å²) in [5, 5.41) is 7.22. The normalized spacial score (nSPS) is 11.4. The summed E-state index contributed by atoms with van der Waals surface area (Å²) in [4.78, 5) is 0. The molecule has 154 valence electrons. The van der Waals surface area contributed by atoms with E-state index >= 15 is 0 Å². The van der Waals surface area contributed by atoms with Gasteiger partial charge in [0.2, 0.25) is 0 Å². The molecule has 0 N–H and O–H groups in total. The van der Waals surface area contributed by atoms with Gasteiger partial charge in [-0.1, -0.05) is 152 Å². The zero-order valence-corrected chi connectivity index (χ0v) is 19.8. The van der Waals surface area contributed by atoms with Crippen LogP contribution >= 0.6 is 7.47 Å². The molecule has 0 aliphatic heterocycles. The van der Waals surface area contributed by atoms with E-state index in [0.29, 0.717) is 0 Å². The summed E-state index contributed by atoms with van der Waals surface area (Å²) in [5.74, 6) is 0. The van der Waals surface area contributed by atoms with Crippen molar-refractivity contribution in [2.75, 3.05) is 0 Å². The van der Waals surface area contributed by atoms with E-state index in [-0.39, 0.29) is 0 Å². The van der Waals surface area contributed by atoms with Gasteiger partial charge in [-0.15, -0.1) is 0 Å². The van der Waals surface area contributed by atoms with Crippen LogP contribution in [0, 0.1) is 0 Å². The molecule has 0 bridgehead atoms.